The average Bonchev–Trinajstić information content (AvgIpc) is 2.35. The summed E-state index contributed by atoms with van der Waals surface area (Å²) in [6, 6.07) is 5.64. The van der Waals surface area contributed by atoms with Gasteiger partial charge in [-0.2, -0.15) is 5.26 Å². The zero-order valence-electron chi connectivity index (χ0n) is 10.3. The number of rotatable bonds is 4. The van der Waals surface area contributed by atoms with Crippen molar-refractivity contribution in [1.82, 2.24) is 10.3 Å². The van der Waals surface area contributed by atoms with Gasteiger partial charge in [-0.3, -0.25) is 4.79 Å². The molecule has 0 spiro atoms. The Balaban J connectivity index is 2.81. The Bertz CT molecular complexity index is 450. The number of nitriles is 1. The van der Waals surface area contributed by atoms with Crippen molar-refractivity contribution < 1.29 is 4.79 Å². The number of aryl methyl sites for hydroxylation is 1. The van der Waals surface area contributed by atoms with E-state index in [1.807, 2.05) is 18.9 Å². The third-order valence-electron chi connectivity index (χ3n) is 2.45. The van der Waals surface area contributed by atoms with Gasteiger partial charge in [0.2, 0.25) is 5.91 Å². The number of anilines is 1. The van der Waals surface area contributed by atoms with Crippen LogP contribution in [0.3, 0.4) is 0 Å². The van der Waals surface area contributed by atoms with E-state index in [0.717, 1.165) is 5.69 Å². The number of nitrogens with one attached hydrogen (secondary N) is 1. The average molecular weight is 232 g/mol. The van der Waals surface area contributed by atoms with Crippen LogP contribution in [0, 0.1) is 18.3 Å². The lowest BCUT2D eigenvalue weighted by Gasteiger charge is -2.19. The molecule has 1 aromatic heterocycles. The first kappa shape index (κ1) is 13.0. The van der Waals surface area contributed by atoms with E-state index in [1.165, 1.54) is 0 Å². The van der Waals surface area contributed by atoms with Crippen molar-refractivity contribution in [3.8, 4) is 6.07 Å². The third kappa shape index (κ3) is 3.45. The Hall–Kier alpha value is -2.09. The number of pyridine rings is 1. The molecule has 0 aliphatic heterocycles. The second-order valence-electron chi connectivity index (χ2n) is 3.78. The van der Waals surface area contributed by atoms with Crippen LogP contribution in [-0.4, -0.2) is 31.5 Å². The molecule has 17 heavy (non-hydrogen) atoms. The lowest BCUT2D eigenvalue weighted by atomic mass is 10.2. The normalized spacial score (nSPS) is 9.53. The minimum Gasteiger partial charge on any atom is -0.359 e. The Morgan fingerprint density at radius 2 is 2.29 bits per heavy atom. The van der Waals surface area contributed by atoms with Crippen LogP contribution in [0.4, 0.5) is 5.82 Å². The van der Waals surface area contributed by atoms with Gasteiger partial charge >= 0.3 is 0 Å². The highest BCUT2D eigenvalue weighted by atomic mass is 16.1. The van der Waals surface area contributed by atoms with E-state index in [4.69, 9.17) is 5.26 Å². The molecule has 1 amide bonds. The first-order chi connectivity index (χ1) is 8.08. The molecule has 0 fully saturated rings. The minimum absolute atomic E-state index is 0.0250. The molecule has 90 valence electrons. The first-order valence-electron chi connectivity index (χ1n) is 5.38. The van der Waals surface area contributed by atoms with Crippen LogP contribution in [0.2, 0.25) is 0 Å². The monoisotopic (exact) mass is 232 g/mol. The van der Waals surface area contributed by atoms with Gasteiger partial charge in [-0.1, -0.05) is 0 Å². The fraction of sp³-hybridized carbons (Fsp3) is 0.417. The van der Waals surface area contributed by atoms with Crippen LogP contribution >= 0.6 is 0 Å². The van der Waals surface area contributed by atoms with Gasteiger partial charge in [0.05, 0.1) is 5.56 Å². The lowest BCUT2D eigenvalue weighted by molar-refractivity contribution is -0.120. The molecule has 0 radical (unpaired) electrons. The molecule has 0 aliphatic carbocycles. The fourth-order valence-electron chi connectivity index (χ4n) is 1.42. The summed E-state index contributed by atoms with van der Waals surface area (Å²) in [5, 5.41) is 11.5. The molecule has 1 rings (SSSR count). The van der Waals surface area contributed by atoms with Gasteiger partial charge in [0.1, 0.15) is 11.9 Å². The predicted molar refractivity (Wildman–Crippen MR) is 65.6 cm³/mol. The number of aromatic nitrogens is 1. The van der Waals surface area contributed by atoms with Crippen LogP contribution in [0.5, 0.6) is 0 Å². The summed E-state index contributed by atoms with van der Waals surface area (Å²) in [6.45, 7) is 2.40. The fourth-order valence-corrected chi connectivity index (χ4v) is 1.42. The SMILES string of the molecule is CNC(=O)CCN(C)c1nc(C)ccc1C#N. The summed E-state index contributed by atoms with van der Waals surface area (Å²) < 4.78 is 0. The maximum atomic E-state index is 11.1. The largest absolute Gasteiger partial charge is 0.359 e. The molecule has 1 heterocycles. The Morgan fingerprint density at radius 1 is 1.59 bits per heavy atom. The zero-order valence-corrected chi connectivity index (χ0v) is 10.3. The number of nitrogens with zero attached hydrogens (tertiary/aromatic N) is 3. The van der Waals surface area contributed by atoms with Gasteiger partial charge in [0.15, 0.2) is 0 Å². The van der Waals surface area contributed by atoms with Gasteiger partial charge in [-0.05, 0) is 19.1 Å². The summed E-state index contributed by atoms with van der Waals surface area (Å²) >= 11 is 0. The molecule has 0 aromatic carbocycles. The van der Waals surface area contributed by atoms with Crippen molar-refractivity contribution in [1.29, 1.82) is 5.26 Å². The molecule has 5 nitrogen and oxygen atoms in total. The standard InChI is InChI=1S/C12H16N4O/c1-9-4-5-10(8-13)12(15-9)16(3)7-6-11(17)14-2/h4-5H,6-7H2,1-3H3,(H,14,17). The van der Waals surface area contributed by atoms with Gasteiger partial charge in [0, 0.05) is 32.8 Å². The van der Waals surface area contributed by atoms with E-state index in [2.05, 4.69) is 16.4 Å². The first-order valence-corrected chi connectivity index (χ1v) is 5.38. The van der Waals surface area contributed by atoms with Crippen molar-refractivity contribution >= 4 is 11.7 Å². The molecule has 5 heteroatoms. The highest BCUT2D eigenvalue weighted by molar-refractivity contribution is 5.76. The summed E-state index contributed by atoms with van der Waals surface area (Å²) in [4.78, 5) is 17.3. The van der Waals surface area contributed by atoms with Crippen molar-refractivity contribution in [3.05, 3.63) is 23.4 Å². The summed E-state index contributed by atoms with van der Waals surface area (Å²) in [5.41, 5.74) is 1.38. The number of carbonyl (C=O) groups is 1. The number of hydrogen-bond acceptors (Lipinski definition) is 4. The zero-order chi connectivity index (χ0) is 12.8. The Kier molecular flexibility index (Phi) is 4.46. The van der Waals surface area contributed by atoms with Crippen LogP contribution in [0.15, 0.2) is 12.1 Å². The van der Waals surface area contributed by atoms with Crippen LogP contribution in [-0.2, 0) is 4.79 Å². The lowest BCUT2D eigenvalue weighted by Crippen LogP contribution is -2.27. The molecule has 1 N–H and O–H groups in total. The van der Waals surface area contributed by atoms with Crippen molar-refractivity contribution in [2.24, 2.45) is 0 Å². The van der Waals surface area contributed by atoms with E-state index in [0.29, 0.717) is 24.3 Å². The number of carbonyl (C=O) groups excluding carboxylic acids is 1. The highest BCUT2D eigenvalue weighted by Gasteiger charge is 2.10. The second-order valence-corrected chi connectivity index (χ2v) is 3.78. The summed E-state index contributed by atoms with van der Waals surface area (Å²) in [7, 11) is 3.43. The van der Waals surface area contributed by atoms with Crippen LogP contribution in [0.1, 0.15) is 17.7 Å². The van der Waals surface area contributed by atoms with Crippen molar-refractivity contribution in [3.63, 3.8) is 0 Å². The van der Waals surface area contributed by atoms with Gasteiger partial charge in [-0.15, -0.1) is 0 Å². The Labute approximate surface area is 101 Å². The van der Waals surface area contributed by atoms with Crippen molar-refractivity contribution in [2.75, 3.05) is 25.5 Å². The Morgan fingerprint density at radius 3 is 2.88 bits per heavy atom. The molecular formula is C12H16N4O. The second kappa shape index (κ2) is 5.85. The molecule has 0 bridgehead atoms. The predicted octanol–water partition coefficient (Wildman–Crippen LogP) is 0.834. The molecule has 0 saturated heterocycles. The van der Waals surface area contributed by atoms with E-state index >= 15 is 0 Å². The van der Waals surface area contributed by atoms with Crippen LogP contribution < -0.4 is 10.2 Å². The van der Waals surface area contributed by atoms with E-state index in [-0.39, 0.29) is 5.91 Å². The summed E-state index contributed by atoms with van der Waals surface area (Å²) in [5.74, 6) is 0.597. The molecule has 0 saturated carbocycles. The molecule has 0 aliphatic rings. The quantitative estimate of drug-likeness (QED) is 0.835. The molecular weight excluding hydrogens is 216 g/mol. The molecule has 1 aromatic rings. The summed E-state index contributed by atoms with van der Waals surface area (Å²) in [6.07, 6.45) is 0.382. The smallest absolute Gasteiger partial charge is 0.221 e. The third-order valence-corrected chi connectivity index (χ3v) is 2.45. The van der Waals surface area contributed by atoms with Gasteiger partial charge in [-0.25, -0.2) is 4.98 Å². The molecule has 0 atom stereocenters. The van der Waals surface area contributed by atoms with Crippen molar-refractivity contribution in [2.45, 2.75) is 13.3 Å². The van der Waals surface area contributed by atoms with E-state index < -0.39 is 0 Å². The van der Waals surface area contributed by atoms with Gasteiger partial charge < -0.3 is 10.2 Å². The van der Waals surface area contributed by atoms with Gasteiger partial charge in [0.25, 0.3) is 0 Å². The highest BCUT2D eigenvalue weighted by Crippen LogP contribution is 2.16. The number of hydrogen-bond donors (Lipinski definition) is 1. The van der Waals surface area contributed by atoms with E-state index in [9.17, 15) is 4.79 Å². The minimum atomic E-state index is -0.0250. The van der Waals surface area contributed by atoms with E-state index in [1.54, 1.807) is 19.2 Å². The molecule has 0 unspecified atom stereocenters. The maximum absolute atomic E-state index is 11.1. The maximum Gasteiger partial charge on any atom is 0.221 e. The topological polar surface area (TPSA) is 69.0 Å². The van der Waals surface area contributed by atoms with Crippen LogP contribution in [0.25, 0.3) is 0 Å². The number of amides is 1.